The molecule has 1 atom stereocenters. The van der Waals surface area contributed by atoms with E-state index in [0.717, 1.165) is 17.9 Å². The molecule has 0 saturated heterocycles. The van der Waals surface area contributed by atoms with E-state index >= 15 is 0 Å². The van der Waals surface area contributed by atoms with Crippen molar-refractivity contribution in [2.24, 2.45) is 5.92 Å². The molecule has 1 unspecified atom stereocenters. The Morgan fingerprint density at radius 3 is 2.30 bits per heavy atom. The van der Waals surface area contributed by atoms with Crippen molar-refractivity contribution in [3.63, 3.8) is 0 Å². The average Bonchev–Trinajstić information content (AvgIpc) is 2.60. The van der Waals surface area contributed by atoms with E-state index < -0.39 is 0 Å². The highest BCUT2D eigenvalue weighted by Crippen LogP contribution is 2.37. The Balaban J connectivity index is 1.91. The molecule has 1 aromatic carbocycles. The Morgan fingerprint density at radius 1 is 1.09 bits per heavy atom. The lowest BCUT2D eigenvalue weighted by atomic mass is 9.77. The Hall–Kier alpha value is -1.31. The largest absolute Gasteiger partial charge is 0.465 e. The predicted octanol–water partition coefficient (Wildman–Crippen LogP) is 5.82. The minimum Gasteiger partial charge on any atom is -0.465 e. The maximum atomic E-state index is 12.0. The molecule has 0 aromatic heterocycles. The van der Waals surface area contributed by atoms with Gasteiger partial charge in [-0.05, 0) is 62.0 Å². The molecule has 2 heteroatoms. The third-order valence-corrected chi connectivity index (χ3v) is 5.25. The first kappa shape index (κ1) is 18.0. The van der Waals surface area contributed by atoms with Gasteiger partial charge < -0.3 is 4.74 Å². The molecule has 2 rings (SSSR count). The lowest BCUT2D eigenvalue weighted by Crippen LogP contribution is -2.15. The second-order valence-electron chi connectivity index (χ2n) is 7.06. The van der Waals surface area contributed by atoms with Gasteiger partial charge in [0.15, 0.2) is 0 Å². The standard InChI is InChI=1S/C21H32O2/c1-4-6-17-7-9-19(10-8-17)20-13-11-18(12-14-20)16(3)21(22)23-15-5-2/h11-14,16-17,19H,4-10,15H2,1-3H3. The molecule has 2 nitrogen and oxygen atoms in total. The number of ether oxygens (including phenoxy) is 1. The van der Waals surface area contributed by atoms with Crippen LogP contribution in [0.15, 0.2) is 24.3 Å². The molecule has 0 amide bonds. The van der Waals surface area contributed by atoms with Crippen molar-refractivity contribution in [2.45, 2.75) is 77.6 Å². The minimum atomic E-state index is -0.170. The van der Waals surface area contributed by atoms with Crippen molar-refractivity contribution in [2.75, 3.05) is 6.61 Å². The topological polar surface area (TPSA) is 26.3 Å². The van der Waals surface area contributed by atoms with Crippen LogP contribution in [0, 0.1) is 5.92 Å². The van der Waals surface area contributed by atoms with Gasteiger partial charge >= 0.3 is 5.97 Å². The number of hydrogen-bond donors (Lipinski definition) is 0. The first-order chi connectivity index (χ1) is 11.2. The molecular weight excluding hydrogens is 284 g/mol. The molecule has 1 saturated carbocycles. The normalized spacial score (nSPS) is 22.6. The number of carbonyl (C=O) groups excluding carboxylic acids is 1. The lowest BCUT2D eigenvalue weighted by molar-refractivity contribution is -0.145. The smallest absolute Gasteiger partial charge is 0.313 e. The number of hydrogen-bond acceptors (Lipinski definition) is 2. The molecule has 0 heterocycles. The van der Waals surface area contributed by atoms with E-state index in [0.29, 0.717) is 12.5 Å². The molecule has 0 spiro atoms. The molecule has 0 N–H and O–H groups in total. The third-order valence-electron chi connectivity index (χ3n) is 5.25. The van der Waals surface area contributed by atoms with E-state index in [1.165, 1.54) is 44.1 Å². The number of esters is 1. The van der Waals surface area contributed by atoms with Gasteiger partial charge in [-0.1, -0.05) is 51.0 Å². The zero-order valence-corrected chi connectivity index (χ0v) is 15.0. The van der Waals surface area contributed by atoms with E-state index in [1.807, 2.05) is 13.8 Å². The van der Waals surface area contributed by atoms with E-state index in [9.17, 15) is 4.79 Å². The van der Waals surface area contributed by atoms with E-state index in [-0.39, 0.29) is 11.9 Å². The summed E-state index contributed by atoms with van der Waals surface area (Å²) in [6.07, 6.45) is 8.97. The fourth-order valence-corrected chi connectivity index (χ4v) is 3.71. The fourth-order valence-electron chi connectivity index (χ4n) is 3.71. The molecule has 1 fully saturated rings. The van der Waals surface area contributed by atoms with E-state index in [2.05, 4.69) is 31.2 Å². The molecule has 1 aliphatic carbocycles. The van der Waals surface area contributed by atoms with Gasteiger partial charge in [0.05, 0.1) is 12.5 Å². The highest BCUT2D eigenvalue weighted by Gasteiger charge is 2.22. The maximum Gasteiger partial charge on any atom is 0.313 e. The highest BCUT2D eigenvalue weighted by molar-refractivity contribution is 5.77. The summed E-state index contributed by atoms with van der Waals surface area (Å²) in [4.78, 5) is 12.0. The molecule has 1 aliphatic rings. The third kappa shape index (κ3) is 5.09. The van der Waals surface area contributed by atoms with E-state index in [4.69, 9.17) is 4.74 Å². The zero-order valence-electron chi connectivity index (χ0n) is 15.0. The van der Waals surface area contributed by atoms with Gasteiger partial charge in [-0.2, -0.15) is 0 Å². The summed E-state index contributed by atoms with van der Waals surface area (Å²) in [6, 6.07) is 8.68. The van der Waals surface area contributed by atoms with Crippen LogP contribution < -0.4 is 0 Å². The van der Waals surface area contributed by atoms with Crippen LogP contribution in [0.25, 0.3) is 0 Å². The molecule has 23 heavy (non-hydrogen) atoms. The van der Waals surface area contributed by atoms with Crippen molar-refractivity contribution in [3.8, 4) is 0 Å². The first-order valence-corrected chi connectivity index (χ1v) is 9.42. The van der Waals surface area contributed by atoms with Crippen molar-refractivity contribution in [1.82, 2.24) is 0 Å². The van der Waals surface area contributed by atoms with Crippen molar-refractivity contribution >= 4 is 5.97 Å². The molecule has 1 aromatic rings. The fraction of sp³-hybridized carbons (Fsp3) is 0.667. The minimum absolute atomic E-state index is 0.111. The van der Waals surface area contributed by atoms with Crippen LogP contribution in [-0.2, 0) is 9.53 Å². The number of rotatable bonds is 7. The lowest BCUT2D eigenvalue weighted by Gasteiger charge is -2.28. The Morgan fingerprint density at radius 2 is 1.74 bits per heavy atom. The van der Waals surface area contributed by atoms with Crippen LogP contribution in [0.2, 0.25) is 0 Å². The molecule has 128 valence electrons. The first-order valence-electron chi connectivity index (χ1n) is 9.42. The van der Waals surface area contributed by atoms with Gasteiger partial charge in [0.1, 0.15) is 0 Å². The van der Waals surface area contributed by atoms with Crippen LogP contribution >= 0.6 is 0 Å². The summed E-state index contributed by atoms with van der Waals surface area (Å²) < 4.78 is 5.25. The van der Waals surface area contributed by atoms with Gasteiger partial charge in [-0.3, -0.25) is 4.79 Å². The van der Waals surface area contributed by atoms with Crippen molar-refractivity contribution < 1.29 is 9.53 Å². The average molecular weight is 316 g/mol. The number of carbonyl (C=O) groups is 1. The van der Waals surface area contributed by atoms with E-state index in [1.54, 1.807) is 0 Å². The van der Waals surface area contributed by atoms with Crippen LogP contribution in [0.4, 0.5) is 0 Å². The quantitative estimate of drug-likeness (QED) is 0.593. The summed E-state index contributed by atoms with van der Waals surface area (Å²) >= 11 is 0. The Bertz CT molecular complexity index is 469. The van der Waals surface area contributed by atoms with Gasteiger partial charge in [0, 0.05) is 0 Å². The van der Waals surface area contributed by atoms with Crippen LogP contribution in [0.5, 0.6) is 0 Å². The predicted molar refractivity (Wildman–Crippen MR) is 95.7 cm³/mol. The summed E-state index contributed by atoms with van der Waals surface area (Å²) in [7, 11) is 0. The second-order valence-corrected chi connectivity index (χ2v) is 7.06. The van der Waals surface area contributed by atoms with Crippen LogP contribution in [-0.4, -0.2) is 12.6 Å². The summed E-state index contributed by atoms with van der Waals surface area (Å²) in [5, 5.41) is 0. The van der Waals surface area contributed by atoms with Crippen molar-refractivity contribution in [1.29, 1.82) is 0 Å². The monoisotopic (exact) mass is 316 g/mol. The second kappa shape index (κ2) is 9.10. The molecule has 0 radical (unpaired) electrons. The van der Waals surface area contributed by atoms with Gasteiger partial charge in [-0.15, -0.1) is 0 Å². The van der Waals surface area contributed by atoms with Crippen LogP contribution in [0.1, 0.15) is 88.7 Å². The Labute approximate surface area is 141 Å². The van der Waals surface area contributed by atoms with Crippen LogP contribution in [0.3, 0.4) is 0 Å². The number of benzene rings is 1. The van der Waals surface area contributed by atoms with Crippen molar-refractivity contribution in [3.05, 3.63) is 35.4 Å². The maximum absolute atomic E-state index is 12.0. The summed E-state index contributed by atoms with van der Waals surface area (Å²) in [5.74, 6) is 1.37. The molecule has 0 bridgehead atoms. The SMILES string of the molecule is CCCOC(=O)C(C)c1ccc(C2CCC(CCC)CC2)cc1. The summed E-state index contributed by atoms with van der Waals surface area (Å²) in [5.41, 5.74) is 2.51. The molecule has 0 aliphatic heterocycles. The summed E-state index contributed by atoms with van der Waals surface area (Å²) in [6.45, 7) is 6.75. The Kier molecular flexibility index (Phi) is 7.14. The zero-order chi connectivity index (χ0) is 16.7. The highest BCUT2D eigenvalue weighted by atomic mass is 16.5. The van der Waals surface area contributed by atoms with Gasteiger partial charge in [0.25, 0.3) is 0 Å². The van der Waals surface area contributed by atoms with Gasteiger partial charge in [0.2, 0.25) is 0 Å². The molecular formula is C21H32O2. The van der Waals surface area contributed by atoms with Gasteiger partial charge in [-0.25, -0.2) is 0 Å².